The van der Waals surface area contributed by atoms with Crippen LogP contribution in [0.5, 0.6) is 5.75 Å². The van der Waals surface area contributed by atoms with Crippen LogP contribution in [0, 0.1) is 0 Å². The van der Waals surface area contributed by atoms with E-state index < -0.39 is 0 Å². The molecule has 7 nitrogen and oxygen atoms in total. The van der Waals surface area contributed by atoms with Crippen LogP contribution in [0.2, 0.25) is 0 Å². The molecule has 0 bridgehead atoms. The smallest absolute Gasteiger partial charge is 0.291 e. The monoisotopic (exact) mass is 379 g/mol. The second-order valence-corrected chi connectivity index (χ2v) is 5.87. The van der Waals surface area contributed by atoms with Gasteiger partial charge in [0.2, 0.25) is 5.91 Å². The molecule has 0 aliphatic rings. The van der Waals surface area contributed by atoms with Gasteiger partial charge in [0.05, 0.1) is 19.4 Å². The number of furan rings is 1. The molecule has 1 heterocycles. The Morgan fingerprint density at radius 3 is 2.36 bits per heavy atom. The van der Waals surface area contributed by atoms with Crippen molar-refractivity contribution in [3.8, 4) is 5.75 Å². The van der Waals surface area contributed by atoms with Crippen LogP contribution < -0.4 is 20.7 Å². The van der Waals surface area contributed by atoms with Gasteiger partial charge in [-0.2, -0.15) is 0 Å². The number of ether oxygens (including phenoxy) is 1. The van der Waals surface area contributed by atoms with E-state index >= 15 is 0 Å². The van der Waals surface area contributed by atoms with E-state index in [1.54, 1.807) is 36.4 Å². The molecule has 0 aliphatic heterocycles. The number of rotatable bonds is 8. The van der Waals surface area contributed by atoms with Crippen LogP contribution in [0.4, 0.5) is 17.1 Å². The van der Waals surface area contributed by atoms with Gasteiger partial charge in [-0.05, 0) is 61.5 Å². The number of amides is 2. The summed E-state index contributed by atoms with van der Waals surface area (Å²) in [6.07, 6.45) is 1.43. The molecule has 0 spiro atoms. The molecular weight excluding hydrogens is 358 g/mol. The highest BCUT2D eigenvalue weighted by atomic mass is 16.5. The molecule has 0 saturated carbocycles. The molecule has 144 valence electrons. The van der Waals surface area contributed by atoms with E-state index in [9.17, 15) is 9.59 Å². The van der Waals surface area contributed by atoms with Crippen molar-refractivity contribution in [2.24, 2.45) is 0 Å². The quantitative estimate of drug-likeness (QED) is 0.550. The summed E-state index contributed by atoms with van der Waals surface area (Å²) in [7, 11) is 0. The second kappa shape index (κ2) is 9.27. The topological polar surface area (TPSA) is 92.6 Å². The zero-order valence-corrected chi connectivity index (χ0v) is 15.4. The van der Waals surface area contributed by atoms with Gasteiger partial charge in [-0.1, -0.05) is 6.07 Å². The van der Waals surface area contributed by atoms with Gasteiger partial charge in [0.15, 0.2) is 5.76 Å². The first-order valence-corrected chi connectivity index (χ1v) is 8.85. The average Bonchev–Trinajstić information content (AvgIpc) is 3.23. The van der Waals surface area contributed by atoms with Gasteiger partial charge in [0, 0.05) is 17.1 Å². The van der Waals surface area contributed by atoms with Crippen LogP contribution in [0.15, 0.2) is 71.3 Å². The molecule has 0 saturated heterocycles. The summed E-state index contributed by atoms with van der Waals surface area (Å²) >= 11 is 0. The van der Waals surface area contributed by atoms with Crippen LogP contribution >= 0.6 is 0 Å². The van der Waals surface area contributed by atoms with Crippen molar-refractivity contribution in [3.05, 3.63) is 72.7 Å². The Morgan fingerprint density at radius 1 is 0.929 bits per heavy atom. The minimum Gasteiger partial charge on any atom is -0.494 e. The molecular formula is C21H21N3O4. The molecule has 1 aromatic heterocycles. The van der Waals surface area contributed by atoms with Crippen molar-refractivity contribution >= 4 is 28.9 Å². The first kappa shape index (κ1) is 19.0. The fourth-order valence-electron chi connectivity index (χ4n) is 2.50. The van der Waals surface area contributed by atoms with Gasteiger partial charge in [-0.25, -0.2) is 0 Å². The van der Waals surface area contributed by atoms with Crippen LogP contribution in [0.3, 0.4) is 0 Å². The van der Waals surface area contributed by atoms with E-state index in [1.165, 1.54) is 6.26 Å². The normalized spacial score (nSPS) is 10.2. The molecule has 0 radical (unpaired) electrons. The highest BCUT2D eigenvalue weighted by Gasteiger charge is 2.09. The predicted octanol–water partition coefficient (Wildman–Crippen LogP) is 3.98. The third-order valence-corrected chi connectivity index (χ3v) is 3.77. The zero-order valence-electron chi connectivity index (χ0n) is 15.4. The van der Waals surface area contributed by atoms with E-state index in [4.69, 9.17) is 9.15 Å². The largest absolute Gasteiger partial charge is 0.494 e. The summed E-state index contributed by atoms with van der Waals surface area (Å²) in [4.78, 5) is 24.2. The Labute approximate surface area is 162 Å². The van der Waals surface area contributed by atoms with Crippen molar-refractivity contribution in [2.75, 3.05) is 29.1 Å². The third-order valence-electron chi connectivity index (χ3n) is 3.77. The lowest BCUT2D eigenvalue weighted by atomic mass is 10.2. The van der Waals surface area contributed by atoms with Crippen LogP contribution in [-0.2, 0) is 4.79 Å². The first-order chi connectivity index (χ1) is 13.6. The van der Waals surface area contributed by atoms with Gasteiger partial charge < -0.3 is 25.1 Å². The molecule has 0 fully saturated rings. The number of hydrogen-bond donors (Lipinski definition) is 3. The maximum absolute atomic E-state index is 12.2. The summed E-state index contributed by atoms with van der Waals surface area (Å²) in [6.45, 7) is 2.64. The molecule has 3 aromatic rings. The Bertz CT molecular complexity index is 921. The summed E-state index contributed by atoms with van der Waals surface area (Å²) in [5.74, 6) is 0.439. The van der Waals surface area contributed by atoms with Crippen molar-refractivity contribution in [1.29, 1.82) is 0 Å². The highest BCUT2D eigenvalue weighted by Crippen LogP contribution is 2.17. The van der Waals surface area contributed by atoms with Gasteiger partial charge >= 0.3 is 0 Å². The number of anilines is 3. The fourth-order valence-corrected chi connectivity index (χ4v) is 2.50. The SMILES string of the molecule is CCOc1ccc(NCC(=O)Nc2cccc(NC(=O)c3ccco3)c2)cc1. The summed E-state index contributed by atoms with van der Waals surface area (Å²) in [5, 5.41) is 8.56. The van der Waals surface area contributed by atoms with Crippen molar-refractivity contribution in [3.63, 3.8) is 0 Å². The second-order valence-electron chi connectivity index (χ2n) is 5.87. The van der Waals surface area contributed by atoms with Gasteiger partial charge in [-0.15, -0.1) is 0 Å². The molecule has 2 aromatic carbocycles. The Morgan fingerprint density at radius 2 is 1.68 bits per heavy atom. The number of benzene rings is 2. The van der Waals surface area contributed by atoms with Crippen LogP contribution in [0.25, 0.3) is 0 Å². The van der Waals surface area contributed by atoms with E-state index in [0.29, 0.717) is 18.0 Å². The molecule has 0 aliphatic carbocycles. The Hall–Kier alpha value is -3.74. The number of carbonyl (C=O) groups excluding carboxylic acids is 2. The van der Waals surface area contributed by atoms with E-state index in [-0.39, 0.29) is 24.1 Å². The maximum Gasteiger partial charge on any atom is 0.291 e. The van der Waals surface area contributed by atoms with Crippen molar-refractivity contribution in [2.45, 2.75) is 6.92 Å². The molecule has 28 heavy (non-hydrogen) atoms. The fraction of sp³-hybridized carbons (Fsp3) is 0.143. The predicted molar refractivity (Wildman–Crippen MR) is 108 cm³/mol. The minimum atomic E-state index is -0.356. The molecule has 7 heteroatoms. The van der Waals surface area contributed by atoms with Crippen LogP contribution in [0.1, 0.15) is 17.5 Å². The average molecular weight is 379 g/mol. The minimum absolute atomic E-state index is 0.108. The lowest BCUT2D eigenvalue weighted by Gasteiger charge is -2.10. The van der Waals surface area contributed by atoms with E-state index in [2.05, 4.69) is 16.0 Å². The molecule has 2 amide bonds. The van der Waals surface area contributed by atoms with Crippen molar-refractivity contribution < 1.29 is 18.7 Å². The molecule has 3 rings (SSSR count). The van der Waals surface area contributed by atoms with Crippen molar-refractivity contribution in [1.82, 2.24) is 0 Å². The highest BCUT2D eigenvalue weighted by molar-refractivity contribution is 6.02. The molecule has 3 N–H and O–H groups in total. The number of carbonyl (C=O) groups is 2. The lowest BCUT2D eigenvalue weighted by molar-refractivity contribution is -0.114. The van der Waals surface area contributed by atoms with Gasteiger partial charge in [0.1, 0.15) is 5.75 Å². The first-order valence-electron chi connectivity index (χ1n) is 8.85. The Kier molecular flexibility index (Phi) is 6.30. The maximum atomic E-state index is 12.2. The lowest BCUT2D eigenvalue weighted by Crippen LogP contribution is -2.21. The zero-order chi connectivity index (χ0) is 19.8. The number of nitrogens with one attached hydrogen (secondary N) is 3. The Balaban J connectivity index is 1.51. The van der Waals surface area contributed by atoms with E-state index in [1.807, 2.05) is 31.2 Å². The van der Waals surface area contributed by atoms with E-state index in [0.717, 1.165) is 11.4 Å². The number of hydrogen-bond acceptors (Lipinski definition) is 5. The molecule has 0 atom stereocenters. The summed E-state index contributed by atoms with van der Waals surface area (Å²) < 4.78 is 10.4. The standard InChI is InChI=1S/C21H21N3O4/c1-2-27-18-10-8-15(9-11-18)22-14-20(25)23-16-5-3-6-17(13-16)24-21(26)19-7-4-12-28-19/h3-13,22H,2,14H2,1H3,(H,23,25)(H,24,26). The van der Waals surface area contributed by atoms with Gasteiger partial charge in [0.25, 0.3) is 5.91 Å². The summed E-state index contributed by atoms with van der Waals surface area (Å²) in [6, 6.07) is 17.5. The van der Waals surface area contributed by atoms with Gasteiger partial charge in [-0.3, -0.25) is 9.59 Å². The summed E-state index contributed by atoms with van der Waals surface area (Å²) in [5.41, 5.74) is 1.95. The third kappa shape index (κ3) is 5.38. The van der Waals surface area contributed by atoms with Crippen LogP contribution in [-0.4, -0.2) is 25.0 Å². The molecule has 0 unspecified atom stereocenters.